The van der Waals surface area contributed by atoms with Crippen molar-refractivity contribution in [2.24, 2.45) is 5.92 Å². The minimum Gasteiger partial charge on any atom is -0.338 e. The number of carbonyl (C=O) groups excluding carboxylic acids is 1. The van der Waals surface area contributed by atoms with Gasteiger partial charge in [0.25, 0.3) is 5.91 Å². The summed E-state index contributed by atoms with van der Waals surface area (Å²) in [6.45, 7) is 5.61. The Balaban J connectivity index is 1.46. The van der Waals surface area contributed by atoms with E-state index in [0.717, 1.165) is 30.4 Å². The highest BCUT2D eigenvalue weighted by atomic mass is 16.2. The van der Waals surface area contributed by atoms with E-state index in [1.165, 1.54) is 51.5 Å². The Kier molecular flexibility index (Phi) is 6.60. The van der Waals surface area contributed by atoms with Gasteiger partial charge in [0, 0.05) is 50.0 Å². The normalized spacial score (nSPS) is 21.2. The van der Waals surface area contributed by atoms with Gasteiger partial charge < -0.3 is 14.8 Å². The van der Waals surface area contributed by atoms with Crippen molar-refractivity contribution < 1.29 is 4.79 Å². The number of aromatic nitrogens is 3. The molecule has 1 atom stereocenters. The van der Waals surface area contributed by atoms with E-state index in [0.29, 0.717) is 18.3 Å². The number of aryl methyl sites for hydroxylation is 1. The molecule has 2 aromatic heterocycles. The van der Waals surface area contributed by atoms with Crippen LogP contribution in [0.4, 0.5) is 0 Å². The molecule has 29 heavy (non-hydrogen) atoms. The second kappa shape index (κ2) is 9.53. The van der Waals surface area contributed by atoms with E-state index in [-0.39, 0.29) is 5.91 Å². The monoisotopic (exact) mass is 395 g/mol. The van der Waals surface area contributed by atoms with Crippen LogP contribution in [0.1, 0.15) is 66.8 Å². The molecular formula is C23H33N5O. The number of rotatable bonds is 6. The molecule has 6 heteroatoms. The molecular weight excluding hydrogens is 362 g/mol. The highest BCUT2D eigenvalue weighted by Gasteiger charge is 2.29. The first kappa shape index (κ1) is 20.1. The number of nitrogens with one attached hydrogen (secondary N) is 1. The number of hydrogen-bond donors (Lipinski definition) is 1. The highest BCUT2D eigenvalue weighted by Crippen LogP contribution is 2.28. The van der Waals surface area contributed by atoms with E-state index in [4.69, 9.17) is 0 Å². The van der Waals surface area contributed by atoms with E-state index in [1.807, 2.05) is 30.2 Å². The number of H-pyrrole nitrogens is 1. The molecule has 0 radical (unpaired) electrons. The summed E-state index contributed by atoms with van der Waals surface area (Å²) >= 11 is 0. The summed E-state index contributed by atoms with van der Waals surface area (Å²) in [5.74, 6) is 0.936. The predicted molar refractivity (Wildman–Crippen MR) is 113 cm³/mol. The molecule has 1 amide bonds. The van der Waals surface area contributed by atoms with Crippen molar-refractivity contribution in [3.63, 3.8) is 0 Å². The van der Waals surface area contributed by atoms with Gasteiger partial charge in [0.15, 0.2) is 5.82 Å². The molecule has 0 aromatic carbocycles. The maximum absolute atomic E-state index is 13.2. The van der Waals surface area contributed by atoms with Crippen molar-refractivity contribution >= 4 is 5.91 Å². The first-order valence-corrected chi connectivity index (χ1v) is 11.1. The fourth-order valence-electron chi connectivity index (χ4n) is 4.94. The van der Waals surface area contributed by atoms with Gasteiger partial charge >= 0.3 is 0 Å². The number of nitrogens with zero attached hydrogens (tertiary/aromatic N) is 4. The molecule has 1 aliphatic carbocycles. The lowest BCUT2D eigenvalue weighted by atomic mass is 9.90. The first-order valence-electron chi connectivity index (χ1n) is 11.1. The van der Waals surface area contributed by atoms with Gasteiger partial charge in [0.05, 0.1) is 0 Å². The van der Waals surface area contributed by atoms with Crippen LogP contribution in [0.3, 0.4) is 0 Å². The summed E-state index contributed by atoms with van der Waals surface area (Å²) in [5, 5.41) is 0. The number of piperidine rings is 1. The fraction of sp³-hybridized carbons (Fsp3) is 0.609. The number of carbonyl (C=O) groups is 1. The van der Waals surface area contributed by atoms with Gasteiger partial charge in [-0.3, -0.25) is 9.78 Å². The molecule has 2 aromatic rings. The number of likely N-dealkylation sites (tertiary alicyclic amines) is 1. The Morgan fingerprint density at radius 2 is 2.07 bits per heavy atom. The topological polar surface area (TPSA) is 65.1 Å². The van der Waals surface area contributed by atoms with Crippen LogP contribution in [0.2, 0.25) is 0 Å². The molecule has 0 spiro atoms. The fourth-order valence-corrected chi connectivity index (χ4v) is 4.94. The van der Waals surface area contributed by atoms with Crippen LogP contribution in [-0.4, -0.2) is 56.3 Å². The molecule has 2 aliphatic rings. The second-order valence-corrected chi connectivity index (χ2v) is 8.76. The number of aromatic amines is 1. The Bertz CT molecular complexity index is 784. The van der Waals surface area contributed by atoms with Gasteiger partial charge in [0.2, 0.25) is 0 Å². The lowest BCUT2D eigenvalue weighted by Crippen LogP contribution is -2.47. The van der Waals surface area contributed by atoms with Crippen molar-refractivity contribution in [3.8, 4) is 0 Å². The maximum atomic E-state index is 13.2. The first-order chi connectivity index (χ1) is 14.2. The van der Waals surface area contributed by atoms with Gasteiger partial charge in [-0.2, -0.15) is 0 Å². The average molecular weight is 396 g/mol. The molecule has 0 bridgehead atoms. The van der Waals surface area contributed by atoms with Gasteiger partial charge in [-0.15, -0.1) is 0 Å². The maximum Gasteiger partial charge on any atom is 0.289 e. The van der Waals surface area contributed by atoms with E-state index in [2.05, 4.69) is 19.9 Å². The zero-order chi connectivity index (χ0) is 20.1. The second-order valence-electron chi connectivity index (χ2n) is 8.76. The van der Waals surface area contributed by atoms with Crippen LogP contribution >= 0.6 is 0 Å². The van der Waals surface area contributed by atoms with Crippen molar-refractivity contribution in [1.82, 2.24) is 24.8 Å². The highest BCUT2D eigenvalue weighted by molar-refractivity contribution is 5.90. The van der Waals surface area contributed by atoms with Crippen molar-refractivity contribution in [3.05, 3.63) is 47.8 Å². The molecule has 0 unspecified atom stereocenters. The van der Waals surface area contributed by atoms with E-state index in [1.54, 1.807) is 12.4 Å². The smallest absolute Gasteiger partial charge is 0.289 e. The van der Waals surface area contributed by atoms with Gasteiger partial charge in [-0.1, -0.05) is 25.3 Å². The molecule has 156 valence electrons. The lowest BCUT2D eigenvalue weighted by Gasteiger charge is -2.41. The standard InChI is InChI=1S/C23H33N5O/c1-18-13-25-22(26-18)23(29)28(15-19-7-5-11-24-14-19)17-20-8-6-12-27(16-20)21-9-3-2-4-10-21/h5,7,11,13-14,20-21H,2-4,6,8-10,12,15-17H2,1H3,(H,25,26)/t20-/m0/s1. The van der Waals surface area contributed by atoms with Crippen LogP contribution in [0.15, 0.2) is 30.7 Å². The minimum absolute atomic E-state index is 0.0169. The third-order valence-electron chi connectivity index (χ3n) is 6.41. The number of hydrogen-bond acceptors (Lipinski definition) is 4. The van der Waals surface area contributed by atoms with Crippen LogP contribution in [0.25, 0.3) is 0 Å². The molecule has 1 N–H and O–H groups in total. The number of pyridine rings is 1. The molecule has 2 fully saturated rings. The van der Waals surface area contributed by atoms with Crippen LogP contribution in [0, 0.1) is 12.8 Å². The molecule has 1 aliphatic heterocycles. The average Bonchev–Trinajstić information content (AvgIpc) is 3.21. The van der Waals surface area contributed by atoms with E-state index < -0.39 is 0 Å². The molecule has 1 saturated carbocycles. The van der Waals surface area contributed by atoms with Crippen LogP contribution < -0.4 is 0 Å². The zero-order valence-corrected chi connectivity index (χ0v) is 17.5. The minimum atomic E-state index is -0.0169. The van der Waals surface area contributed by atoms with Crippen molar-refractivity contribution in [2.75, 3.05) is 19.6 Å². The van der Waals surface area contributed by atoms with E-state index >= 15 is 0 Å². The summed E-state index contributed by atoms with van der Waals surface area (Å²) in [6.07, 6.45) is 14.6. The summed E-state index contributed by atoms with van der Waals surface area (Å²) in [5.41, 5.74) is 1.97. The summed E-state index contributed by atoms with van der Waals surface area (Å²) in [7, 11) is 0. The Morgan fingerprint density at radius 1 is 1.21 bits per heavy atom. The molecule has 3 heterocycles. The molecule has 4 rings (SSSR count). The van der Waals surface area contributed by atoms with Crippen LogP contribution in [-0.2, 0) is 6.54 Å². The third-order valence-corrected chi connectivity index (χ3v) is 6.41. The molecule has 1 saturated heterocycles. The largest absolute Gasteiger partial charge is 0.338 e. The summed E-state index contributed by atoms with van der Waals surface area (Å²) in [4.78, 5) is 29.5. The quantitative estimate of drug-likeness (QED) is 0.808. The number of amides is 1. The lowest BCUT2D eigenvalue weighted by molar-refractivity contribution is 0.0575. The van der Waals surface area contributed by atoms with Crippen molar-refractivity contribution in [2.45, 2.75) is 64.5 Å². The zero-order valence-electron chi connectivity index (χ0n) is 17.5. The van der Waals surface area contributed by atoms with E-state index in [9.17, 15) is 4.79 Å². The van der Waals surface area contributed by atoms with Crippen molar-refractivity contribution in [1.29, 1.82) is 0 Å². The predicted octanol–water partition coefficient (Wildman–Crippen LogP) is 3.80. The third kappa shape index (κ3) is 5.24. The number of imidazole rings is 1. The summed E-state index contributed by atoms with van der Waals surface area (Å²) < 4.78 is 0. The van der Waals surface area contributed by atoms with Crippen LogP contribution in [0.5, 0.6) is 0 Å². The van der Waals surface area contributed by atoms with Gasteiger partial charge in [-0.25, -0.2) is 4.98 Å². The van der Waals surface area contributed by atoms with Gasteiger partial charge in [-0.05, 0) is 56.7 Å². The summed E-state index contributed by atoms with van der Waals surface area (Å²) in [6, 6.07) is 4.72. The Hall–Kier alpha value is -2.21. The molecule has 6 nitrogen and oxygen atoms in total. The Morgan fingerprint density at radius 3 is 2.79 bits per heavy atom. The SMILES string of the molecule is Cc1cnc(C(=O)N(Cc2cccnc2)C[C@H]2CCCN(C3CCCCC3)C2)[nH]1. The van der Waals surface area contributed by atoms with Gasteiger partial charge in [0.1, 0.15) is 0 Å². The Labute approximate surface area is 173 Å².